The lowest BCUT2D eigenvalue weighted by Crippen LogP contribution is -2.23. The highest BCUT2D eigenvalue weighted by Gasteiger charge is 2.16. The van der Waals surface area contributed by atoms with E-state index in [2.05, 4.69) is 16.7 Å². The normalized spacial score (nSPS) is 14.6. The van der Waals surface area contributed by atoms with Gasteiger partial charge >= 0.3 is 0 Å². The monoisotopic (exact) mass is 378 g/mol. The lowest BCUT2D eigenvalue weighted by molar-refractivity contribution is 0.395. The molecular formula is C22H26N4O2. The number of nitrogens with zero attached hydrogens (tertiary/aromatic N) is 2. The van der Waals surface area contributed by atoms with E-state index in [1.54, 1.807) is 14.2 Å². The Balaban J connectivity index is 1.67. The van der Waals surface area contributed by atoms with Crippen molar-refractivity contribution in [3.63, 3.8) is 0 Å². The number of para-hydroxylation sites is 1. The summed E-state index contributed by atoms with van der Waals surface area (Å²) in [6.07, 6.45) is 6.25. The summed E-state index contributed by atoms with van der Waals surface area (Å²) >= 11 is 0. The van der Waals surface area contributed by atoms with Gasteiger partial charge in [-0.3, -0.25) is 0 Å². The third kappa shape index (κ3) is 3.96. The van der Waals surface area contributed by atoms with Gasteiger partial charge in [-0.2, -0.15) is 4.98 Å². The van der Waals surface area contributed by atoms with Gasteiger partial charge in [0, 0.05) is 17.5 Å². The molecule has 1 aliphatic carbocycles. The molecule has 0 saturated heterocycles. The van der Waals surface area contributed by atoms with Crippen LogP contribution in [0.1, 0.15) is 32.1 Å². The molecule has 1 fully saturated rings. The van der Waals surface area contributed by atoms with Gasteiger partial charge in [0.25, 0.3) is 0 Å². The van der Waals surface area contributed by atoms with E-state index in [0.717, 1.165) is 28.2 Å². The van der Waals surface area contributed by atoms with Gasteiger partial charge in [-0.25, -0.2) is 4.98 Å². The smallest absolute Gasteiger partial charge is 0.229 e. The molecule has 28 heavy (non-hydrogen) atoms. The first-order chi connectivity index (χ1) is 13.8. The van der Waals surface area contributed by atoms with Gasteiger partial charge in [0.2, 0.25) is 5.95 Å². The second-order valence-corrected chi connectivity index (χ2v) is 7.08. The van der Waals surface area contributed by atoms with Gasteiger partial charge in [-0.15, -0.1) is 0 Å². The zero-order valence-electron chi connectivity index (χ0n) is 16.4. The van der Waals surface area contributed by atoms with Crippen molar-refractivity contribution in [2.45, 2.75) is 38.1 Å². The fourth-order valence-electron chi connectivity index (χ4n) is 3.71. The van der Waals surface area contributed by atoms with Crippen molar-refractivity contribution in [3.8, 4) is 11.5 Å². The van der Waals surface area contributed by atoms with E-state index in [0.29, 0.717) is 17.7 Å². The summed E-state index contributed by atoms with van der Waals surface area (Å²) in [5.41, 5.74) is 1.70. The Morgan fingerprint density at radius 1 is 0.929 bits per heavy atom. The van der Waals surface area contributed by atoms with Crippen LogP contribution in [0.2, 0.25) is 0 Å². The summed E-state index contributed by atoms with van der Waals surface area (Å²) < 4.78 is 10.8. The molecule has 146 valence electrons. The van der Waals surface area contributed by atoms with Gasteiger partial charge in [0.05, 0.1) is 25.4 Å². The molecule has 2 aromatic carbocycles. The number of benzene rings is 2. The van der Waals surface area contributed by atoms with Crippen LogP contribution in [0, 0.1) is 0 Å². The van der Waals surface area contributed by atoms with Crippen molar-refractivity contribution in [1.82, 2.24) is 9.97 Å². The molecule has 0 unspecified atom stereocenters. The van der Waals surface area contributed by atoms with E-state index >= 15 is 0 Å². The van der Waals surface area contributed by atoms with Crippen LogP contribution in [0.4, 0.5) is 17.5 Å². The number of anilines is 3. The minimum Gasteiger partial charge on any atom is -0.497 e. The van der Waals surface area contributed by atoms with Gasteiger partial charge in [0.1, 0.15) is 17.3 Å². The maximum Gasteiger partial charge on any atom is 0.229 e. The zero-order valence-corrected chi connectivity index (χ0v) is 16.4. The number of hydrogen-bond acceptors (Lipinski definition) is 6. The zero-order chi connectivity index (χ0) is 19.3. The van der Waals surface area contributed by atoms with Crippen LogP contribution in [-0.2, 0) is 0 Å². The number of aromatic nitrogens is 2. The first-order valence-corrected chi connectivity index (χ1v) is 9.79. The van der Waals surface area contributed by atoms with Gasteiger partial charge in [0.15, 0.2) is 0 Å². The SMILES string of the molecule is COc1ccc(Nc2nc(NC3CCCCC3)c3ccccc3n2)c(OC)c1. The quantitative estimate of drug-likeness (QED) is 0.619. The molecule has 1 saturated carbocycles. The molecule has 0 radical (unpaired) electrons. The van der Waals surface area contributed by atoms with Crippen LogP contribution in [0.5, 0.6) is 11.5 Å². The average molecular weight is 378 g/mol. The second kappa shape index (κ2) is 8.33. The third-order valence-electron chi connectivity index (χ3n) is 5.20. The minimum absolute atomic E-state index is 0.468. The van der Waals surface area contributed by atoms with Crippen molar-refractivity contribution in [3.05, 3.63) is 42.5 Å². The molecule has 2 N–H and O–H groups in total. The number of nitrogens with one attached hydrogen (secondary N) is 2. The molecule has 4 rings (SSSR count). The van der Waals surface area contributed by atoms with Gasteiger partial charge < -0.3 is 20.1 Å². The molecule has 0 aliphatic heterocycles. The summed E-state index contributed by atoms with van der Waals surface area (Å²) in [6.45, 7) is 0. The van der Waals surface area contributed by atoms with Crippen LogP contribution in [0.3, 0.4) is 0 Å². The Kier molecular flexibility index (Phi) is 5.46. The summed E-state index contributed by atoms with van der Waals surface area (Å²) in [6, 6.07) is 14.2. The highest BCUT2D eigenvalue weighted by atomic mass is 16.5. The topological polar surface area (TPSA) is 68.3 Å². The molecule has 0 amide bonds. The van der Waals surface area contributed by atoms with E-state index in [1.165, 1.54) is 32.1 Å². The first-order valence-electron chi connectivity index (χ1n) is 9.79. The van der Waals surface area contributed by atoms with Crippen molar-refractivity contribution in [1.29, 1.82) is 0 Å². The van der Waals surface area contributed by atoms with E-state index in [1.807, 2.05) is 36.4 Å². The first kappa shape index (κ1) is 18.3. The summed E-state index contributed by atoms with van der Waals surface area (Å²) in [7, 11) is 3.27. The predicted molar refractivity (Wildman–Crippen MR) is 113 cm³/mol. The van der Waals surface area contributed by atoms with E-state index in [4.69, 9.17) is 19.4 Å². The summed E-state index contributed by atoms with van der Waals surface area (Å²) in [5, 5.41) is 8.00. The minimum atomic E-state index is 0.468. The lowest BCUT2D eigenvalue weighted by atomic mass is 9.95. The standard InChI is InChI=1S/C22H26N4O2/c1-27-16-12-13-19(20(14-16)28-2)25-22-24-18-11-7-6-10-17(18)21(26-22)23-15-8-4-3-5-9-15/h6-7,10-15H,3-5,8-9H2,1-2H3,(H2,23,24,25,26). The van der Waals surface area contributed by atoms with E-state index in [-0.39, 0.29) is 0 Å². The molecule has 1 heterocycles. The van der Waals surface area contributed by atoms with Crippen molar-refractivity contribution in [2.75, 3.05) is 24.9 Å². The maximum absolute atomic E-state index is 5.49. The van der Waals surface area contributed by atoms with Crippen molar-refractivity contribution >= 4 is 28.4 Å². The van der Waals surface area contributed by atoms with Crippen LogP contribution >= 0.6 is 0 Å². The fourth-order valence-corrected chi connectivity index (χ4v) is 3.71. The van der Waals surface area contributed by atoms with Crippen LogP contribution in [-0.4, -0.2) is 30.2 Å². The van der Waals surface area contributed by atoms with E-state index < -0.39 is 0 Å². The fraction of sp³-hybridized carbons (Fsp3) is 0.364. The van der Waals surface area contributed by atoms with Crippen LogP contribution < -0.4 is 20.1 Å². The number of methoxy groups -OCH3 is 2. The Bertz CT molecular complexity index is 954. The highest BCUT2D eigenvalue weighted by Crippen LogP contribution is 2.32. The average Bonchev–Trinajstić information content (AvgIpc) is 2.75. The molecule has 3 aromatic rings. The summed E-state index contributed by atoms with van der Waals surface area (Å²) in [5.74, 6) is 2.84. The molecular weight excluding hydrogens is 352 g/mol. The van der Waals surface area contributed by atoms with Crippen molar-refractivity contribution < 1.29 is 9.47 Å². The Morgan fingerprint density at radius 3 is 2.54 bits per heavy atom. The molecule has 0 spiro atoms. The van der Waals surface area contributed by atoms with Crippen LogP contribution in [0.25, 0.3) is 10.9 Å². The Labute approximate surface area is 165 Å². The number of rotatable bonds is 6. The Hall–Kier alpha value is -3.02. The molecule has 0 bridgehead atoms. The largest absolute Gasteiger partial charge is 0.497 e. The van der Waals surface area contributed by atoms with Gasteiger partial charge in [-0.1, -0.05) is 31.4 Å². The molecule has 6 heteroatoms. The molecule has 0 atom stereocenters. The van der Waals surface area contributed by atoms with Crippen LogP contribution in [0.15, 0.2) is 42.5 Å². The maximum atomic E-state index is 5.49. The highest BCUT2D eigenvalue weighted by molar-refractivity contribution is 5.90. The number of hydrogen-bond donors (Lipinski definition) is 2. The summed E-state index contributed by atoms with van der Waals surface area (Å²) in [4.78, 5) is 9.48. The number of fused-ring (bicyclic) bond motifs is 1. The predicted octanol–water partition coefficient (Wildman–Crippen LogP) is 5.14. The molecule has 1 aromatic heterocycles. The lowest BCUT2D eigenvalue weighted by Gasteiger charge is -2.24. The number of ether oxygens (including phenoxy) is 2. The van der Waals surface area contributed by atoms with Gasteiger partial charge in [-0.05, 0) is 37.1 Å². The Morgan fingerprint density at radius 2 is 1.75 bits per heavy atom. The molecule has 6 nitrogen and oxygen atoms in total. The molecule has 1 aliphatic rings. The third-order valence-corrected chi connectivity index (χ3v) is 5.20. The second-order valence-electron chi connectivity index (χ2n) is 7.08. The van der Waals surface area contributed by atoms with E-state index in [9.17, 15) is 0 Å². The van der Waals surface area contributed by atoms with Crippen molar-refractivity contribution in [2.24, 2.45) is 0 Å².